The Bertz CT molecular complexity index is 1440. The summed E-state index contributed by atoms with van der Waals surface area (Å²) in [6, 6.07) is 24.8. The molecule has 0 radical (unpaired) electrons. The number of alkyl halides is 3. The van der Waals surface area contributed by atoms with Crippen LogP contribution in [0.15, 0.2) is 85.2 Å². The Kier molecular flexibility index (Phi) is 9.74. The summed E-state index contributed by atoms with van der Waals surface area (Å²) >= 11 is 0. The molecule has 1 amide bonds. The first-order chi connectivity index (χ1) is 19.6. The molecule has 1 atom stereocenters. The zero-order valence-electron chi connectivity index (χ0n) is 22.5. The number of halogens is 3. The fourth-order valence-electron chi connectivity index (χ4n) is 4.69. The molecule has 1 aliphatic heterocycles. The summed E-state index contributed by atoms with van der Waals surface area (Å²) in [5, 5.41) is 8.28. The molecular weight excluding hydrogens is 537 g/mol. The van der Waals surface area contributed by atoms with Gasteiger partial charge in [-0.2, -0.15) is 13.2 Å². The van der Waals surface area contributed by atoms with Crippen molar-refractivity contribution in [2.45, 2.75) is 18.8 Å². The second-order valence-electron chi connectivity index (χ2n) is 9.61. The Morgan fingerprint density at radius 2 is 1.63 bits per heavy atom. The number of aryl methyl sites for hydroxylation is 1. The van der Waals surface area contributed by atoms with Crippen LogP contribution in [0.3, 0.4) is 0 Å². The summed E-state index contributed by atoms with van der Waals surface area (Å²) in [4.78, 5) is 30.5. The summed E-state index contributed by atoms with van der Waals surface area (Å²) in [5.74, 6) is -2.72. The molecule has 3 heterocycles. The van der Waals surface area contributed by atoms with E-state index in [1.807, 2.05) is 48.5 Å². The minimum absolute atomic E-state index is 0.0343. The van der Waals surface area contributed by atoms with E-state index >= 15 is 0 Å². The van der Waals surface area contributed by atoms with E-state index in [1.165, 1.54) is 5.56 Å². The quantitative estimate of drug-likeness (QED) is 0.349. The van der Waals surface area contributed by atoms with Crippen LogP contribution in [-0.4, -0.2) is 75.3 Å². The standard InChI is InChI=1S/C28H30N4O2.C2HF3O2/c1-30-25-12-6-5-10-23(25)18-26(30)28(24-11-7-13-29-19-24)34-21-27(33)32-16-14-31(15-17-32)20-22-8-3-2-4-9-22;3-2(4,5)1(6)7/h2-13,18-19,28H,14-17,20-21H2,1H3;(H,6,7). The summed E-state index contributed by atoms with van der Waals surface area (Å²) in [6.07, 6.45) is -1.88. The van der Waals surface area contributed by atoms with Gasteiger partial charge in [0.15, 0.2) is 0 Å². The lowest BCUT2D eigenvalue weighted by atomic mass is 10.1. The fourth-order valence-corrected chi connectivity index (χ4v) is 4.69. The molecule has 1 saturated heterocycles. The highest BCUT2D eigenvalue weighted by molar-refractivity contribution is 5.81. The number of rotatable bonds is 7. The van der Waals surface area contributed by atoms with Crippen molar-refractivity contribution in [3.63, 3.8) is 0 Å². The number of aromatic nitrogens is 2. The van der Waals surface area contributed by atoms with Gasteiger partial charge in [0.05, 0.1) is 5.69 Å². The highest BCUT2D eigenvalue weighted by Crippen LogP contribution is 2.30. The van der Waals surface area contributed by atoms with Crippen LogP contribution in [0.5, 0.6) is 0 Å². The third-order valence-electron chi connectivity index (χ3n) is 6.83. The normalized spacial score (nSPS) is 14.8. The number of nitrogens with zero attached hydrogens (tertiary/aromatic N) is 4. The molecule has 0 spiro atoms. The maximum atomic E-state index is 13.0. The lowest BCUT2D eigenvalue weighted by molar-refractivity contribution is -0.192. The van der Waals surface area contributed by atoms with Gasteiger partial charge >= 0.3 is 12.1 Å². The number of ether oxygens (including phenoxy) is 1. The predicted octanol–water partition coefficient (Wildman–Crippen LogP) is 4.66. The summed E-state index contributed by atoms with van der Waals surface area (Å²) in [5.41, 5.74) is 4.39. The minimum Gasteiger partial charge on any atom is -0.475 e. The van der Waals surface area contributed by atoms with E-state index in [-0.39, 0.29) is 18.6 Å². The van der Waals surface area contributed by atoms with Crippen LogP contribution in [0.2, 0.25) is 0 Å². The van der Waals surface area contributed by atoms with Crippen molar-refractivity contribution in [2.24, 2.45) is 7.05 Å². The Morgan fingerprint density at radius 1 is 0.976 bits per heavy atom. The third kappa shape index (κ3) is 7.92. The molecule has 0 aliphatic carbocycles. The summed E-state index contributed by atoms with van der Waals surface area (Å²) in [7, 11) is 2.04. The first-order valence-electron chi connectivity index (χ1n) is 13.0. The first kappa shape index (κ1) is 29.8. The number of carbonyl (C=O) groups is 2. The molecule has 1 aliphatic rings. The number of carbonyl (C=O) groups excluding carboxylic acids is 1. The molecule has 0 bridgehead atoms. The third-order valence-corrected chi connectivity index (χ3v) is 6.83. The zero-order valence-corrected chi connectivity index (χ0v) is 22.5. The summed E-state index contributed by atoms with van der Waals surface area (Å²) < 4.78 is 40.2. The zero-order chi connectivity index (χ0) is 29.4. The van der Waals surface area contributed by atoms with Gasteiger partial charge in [0.25, 0.3) is 0 Å². The van der Waals surface area contributed by atoms with Gasteiger partial charge in [0.2, 0.25) is 5.91 Å². The molecule has 1 unspecified atom stereocenters. The van der Waals surface area contributed by atoms with Crippen molar-refractivity contribution in [1.29, 1.82) is 0 Å². The van der Waals surface area contributed by atoms with Gasteiger partial charge in [-0.05, 0) is 29.1 Å². The SMILES string of the molecule is Cn1c(C(OCC(=O)N2CCN(Cc3ccccc3)CC2)c2cccnc2)cc2ccccc21.O=C(O)C(F)(F)F. The van der Waals surface area contributed by atoms with E-state index in [0.29, 0.717) is 0 Å². The minimum atomic E-state index is -5.08. The molecule has 2 aromatic carbocycles. The Balaban J connectivity index is 0.000000493. The number of carboxylic acids is 1. The number of fused-ring (bicyclic) bond motifs is 1. The Morgan fingerprint density at radius 3 is 2.24 bits per heavy atom. The molecule has 8 nitrogen and oxygen atoms in total. The first-order valence-corrected chi connectivity index (χ1v) is 13.0. The predicted molar refractivity (Wildman–Crippen MR) is 147 cm³/mol. The molecular formula is C30H31F3N4O4. The van der Waals surface area contributed by atoms with E-state index in [9.17, 15) is 18.0 Å². The molecule has 1 N–H and O–H groups in total. The molecule has 2 aromatic heterocycles. The van der Waals surface area contributed by atoms with Crippen LogP contribution < -0.4 is 0 Å². The Labute approximate surface area is 235 Å². The van der Waals surface area contributed by atoms with Crippen LogP contribution >= 0.6 is 0 Å². The molecule has 41 heavy (non-hydrogen) atoms. The van der Waals surface area contributed by atoms with Gasteiger partial charge < -0.3 is 19.3 Å². The number of benzene rings is 2. The Hall–Kier alpha value is -4.22. The monoisotopic (exact) mass is 568 g/mol. The average molecular weight is 569 g/mol. The second kappa shape index (κ2) is 13.4. The van der Waals surface area contributed by atoms with Gasteiger partial charge in [0.1, 0.15) is 12.7 Å². The lowest BCUT2D eigenvalue weighted by Gasteiger charge is -2.35. The number of pyridine rings is 1. The number of amides is 1. The summed E-state index contributed by atoms with van der Waals surface area (Å²) in [6.45, 7) is 4.15. The maximum absolute atomic E-state index is 13.0. The highest BCUT2D eigenvalue weighted by atomic mass is 19.4. The van der Waals surface area contributed by atoms with E-state index in [0.717, 1.165) is 54.9 Å². The smallest absolute Gasteiger partial charge is 0.475 e. The van der Waals surface area contributed by atoms with Crippen molar-refractivity contribution >= 4 is 22.8 Å². The van der Waals surface area contributed by atoms with Crippen molar-refractivity contribution in [2.75, 3.05) is 32.8 Å². The van der Waals surface area contributed by atoms with Crippen molar-refractivity contribution < 1.29 is 32.6 Å². The number of aliphatic carboxylic acids is 1. The lowest BCUT2D eigenvalue weighted by Crippen LogP contribution is -2.49. The van der Waals surface area contributed by atoms with Gasteiger partial charge in [-0.3, -0.25) is 14.7 Å². The van der Waals surface area contributed by atoms with E-state index in [4.69, 9.17) is 14.6 Å². The van der Waals surface area contributed by atoms with Gasteiger partial charge in [-0.1, -0.05) is 54.6 Å². The van der Waals surface area contributed by atoms with E-state index < -0.39 is 12.1 Å². The fraction of sp³-hybridized carbons (Fsp3) is 0.300. The topological polar surface area (TPSA) is 87.9 Å². The molecule has 1 fully saturated rings. The number of para-hydroxylation sites is 1. The molecule has 11 heteroatoms. The van der Waals surface area contributed by atoms with Crippen molar-refractivity contribution in [3.05, 3.63) is 102 Å². The number of carboxylic acid groups (broad SMARTS) is 1. The van der Waals surface area contributed by atoms with Crippen LogP contribution in [0.25, 0.3) is 10.9 Å². The van der Waals surface area contributed by atoms with Gasteiger partial charge in [-0.15, -0.1) is 0 Å². The van der Waals surface area contributed by atoms with Crippen LogP contribution in [0, 0.1) is 0 Å². The van der Waals surface area contributed by atoms with Crippen LogP contribution in [0.1, 0.15) is 22.9 Å². The molecule has 4 aromatic rings. The van der Waals surface area contributed by atoms with E-state index in [2.05, 4.69) is 56.9 Å². The maximum Gasteiger partial charge on any atom is 0.490 e. The van der Waals surface area contributed by atoms with Gasteiger partial charge in [-0.25, -0.2) is 4.79 Å². The van der Waals surface area contributed by atoms with Crippen molar-refractivity contribution in [3.8, 4) is 0 Å². The molecule has 216 valence electrons. The highest BCUT2D eigenvalue weighted by Gasteiger charge is 2.38. The number of piperazine rings is 1. The van der Waals surface area contributed by atoms with Crippen molar-refractivity contribution in [1.82, 2.24) is 19.4 Å². The number of hydrogen-bond donors (Lipinski definition) is 1. The average Bonchev–Trinajstić information content (AvgIpc) is 3.30. The largest absolute Gasteiger partial charge is 0.490 e. The molecule has 0 saturated carbocycles. The van der Waals surface area contributed by atoms with Gasteiger partial charge in [0, 0.05) is 63.2 Å². The van der Waals surface area contributed by atoms with Crippen LogP contribution in [-0.2, 0) is 27.9 Å². The second-order valence-corrected chi connectivity index (χ2v) is 9.61. The van der Waals surface area contributed by atoms with Crippen LogP contribution in [0.4, 0.5) is 13.2 Å². The number of hydrogen-bond acceptors (Lipinski definition) is 5. The molecule has 5 rings (SSSR count). The van der Waals surface area contributed by atoms with E-state index in [1.54, 1.807) is 6.20 Å².